The molecule has 5 rings (SSSR count). The number of amides is 1. The van der Waals surface area contributed by atoms with Crippen LogP contribution in [0.4, 0.5) is 5.82 Å². The first-order valence-electron chi connectivity index (χ1n) is 12.5. The van der Waals surface area contributed by atoms with Crippen molar-refractivity contribution in [3.8, 4) is 5.75 Å². The number of aromatic nitrogens is 2. The van der Waals surface area contributed by atoms with Crippen molar-refractivity contribution in [1.82, 2.24) is 19.2 Å². The van der Waals surface area contributed by atoms with Crippen molar-refractivity contribution >= 4 is 51.7 Å². The summed E-state index contributed by atoms with van der Waals surface area (Å²) in [5, 5.41) is 9.28. The lowest BCUT2D eigenvalue weighted by Crippen LogP contribution is -2.48. The van der Waals surface area contributed by atoms with Crippen LogP contribution in [0.5, 0.6) is 5.75 Å². The van der Waals surface area contributed by atoms with Gasteiger partial charge in [-0.05, 0) is 42.3 Å². The van der Waals surface area contributed by atoms with Crippen molar-refractivity contribution in [2.45, 2.75) is 6.42 Å². The highest BCUT2D eigenvalue weighted by Gasteiger charge is 2.33. The highest BCUT2D eigenvalue weighted by atomic mass is 32.2. The molecule has 2 saturated heterocycles. The Morgan fingerprint density at radius 3 is 2.55 bits per heavy atom. The zero-order chi connectivity index (χ0) is 26.6. The smallest absolute Gasteiger partial charge is 0.267 e. The molecule has 1 amide bonds. The van der Waals surface area contributed by atoms with Crippen LogP contribution in [-0.4, -0.2) is 87.5 Å². The number of thiocarbonyl (C=S) groups is 1. The molecule has 0 spiro atoms. The van der Waals surface area contributed by atoms with Crippen LogP contribution >= 0.6 is 24.0 Å². The molecule has 4 heterocycles. The van der Waals surface area contributed by atoms with Crippen molar-refractivity contribution < 1.29 is 14.6 Å². The van der Waals surface area contributed by atoms with E-state index in [1.807, 2.05) is 30.3 Å². The number of anilines is 1. The third-order valence-electron chi connectivity index (χ3n) is 6.77. The Bertz CT molecular complexity index is 1430. The number of piperazine rings is 1. The monoisotopic (exact) mass is 551 g/mol. The first-order valence-corrected chi connectivity index (χ1v) is 13.7. The van der Waals surface area contributed by atoms with Crippen molar-refractivity contribution in [1.29, 1.82) is 0 Å². The van der Waals surface area contributed by atoms with E-state index in [2.05, 4.69) is 9.80 Å². The summed E-state index contributed by atoms with van der Waals surface area (Å²) in [7, 11) is 1.63. The van der Waals surface area contributed by atoms with Gasteiger partial charge in [-0.25, -0.2) is 4.98 Å². The van der Waals surface area contributed by atoms with Gasteiger partial charge in [0.05, 0.1) is 24.2 Å². The summed E-state index contributed by atoms with van der Waals surface area (Å²) in [4.78, 5) is 38.1. The first-order chi connectivity index (χ1) is 18.5. The third-order valence-corrected chi connectivity index (χ3v) is 8.15. The Balaban J connectivity index is 1.42. The predicted molar refractivity (Wildman–Crippen MR) is 154 cm³/mol. The number of pyridine rings is 1. The molecule has 2 fully saturated rings. The van der Waals surface area contributed by atoms with Crippen LogP contribution < -0.4 is 15.2 Å². The van der Waals surface area contributed by atoms with Gasteiger partial charge >= 0.3 is 0 Å². The number of β-amino-alcohol motifs (C(OH)–C–C–N with tert-alkyl or cyclic N) is 1. The molecule has 9 nitrogen and oxygen atoms in total. The number of benzene rings is 1. The molecule has 1 N–H and O–H groups in total. The molecule has 38 heavy (non-hydrogen) atoms. The van der Waals surface area contributed by atoms with Gasteiger partial charge in [-0.1, -0.05) is 42.2 Å². The van der Waals surface area contributed by atoms with Gasteiger partial charge in [0.2, 0.25) is 0 Å². The predicted octanol–water partition coefficient (Wildman–Crippen LogP) is 2.26. The molecule has 2 aromatic heterocycles. The second kappa shape index (κ2) is 11.6. The third kappa shape index (κ3) is 5.46. The van der Waals surface area contributed by atoms with Crippen LogP contribution in [0.2, 0.25) is 0 Å². The fourth-order valence-corrected chi connectivity index (χ4v) is 5.93. The van der Waals surface area contributed by atoms with Gasteiger partial charge in [-0.2, -0.15) is 0 Å². The Morgan fingerprint density at radius 2 is 1.84 bits per heavy atom. The second-order valence-electron chi connectivity index (χ2n) is 9.07. The molecule has 0 saturated carbocycles. The maximum Gasteiger partial charge on any atom is 0.267 e. The zero-order valence-electron chi connectivity index (χ0n) is 21.1. The fraction of sp³-hybridized carbons (Fsp3) is 0.333. The molecule has 2 aliphatic heterocycles. The van der Waals surface area contributed by atoms with Crippen LogP contribution in [0.3, 0.4) is 0 Å². The van der Waals surface area contributed by atoms with Crippen molar-refractivity contribution in [3.05, 3.63) is 75.0 Å². The van der Waals surface area contributed by atoms with Gasteiger partial charge < -0.3 is 14.7 Å². The normalized spacial score (nSPS) is 17.7. The minimum atomic E-state index is -0.230. The Kier molecular flexibility index (Phi) is 8.08. The van der Waals surface area contributed by atoms with Crippen LogP contribution in [0.15, 0.2) is 58.4 Å². The van der Waals surface area contributed by atoms with Crippen LogP contribution in [0.25, 0.3) is 11.7 Å². The van der Waals surface area contributed by atoms with E-state index in [1.54, 1.807) is 36.4 Å². The van der Waals surface area contributed by atoms with Gasteiger partial charge in [0.25, 0.3) is 11.5 Å². The highest BCUT2D eigenvalue weighted by molar-refractivity contribution is 8.26. The maximum absolute atomic E-state index is 13.6. The molecule has 0 radical (unpaired) electrons. The lowest BCUT2D eigenvalue weighted by molar-refractivity contribution is -0.122. The summed E-state index contributed by atoms with van der Waals surface area (Å²) in [5.74, 6) is 1.14. The molecule has 2 aliphatic rings. The van der Waals surface area contributed by atoms with Crippen LogP contribution in [0.1, 0.15) is 11.1 Å². The summed E-state index contributed by atoms with van der Waals surface area (Å²) >= 11 is 6.76. The van der Waals surface area contributed by atoms with Crippen molar-refractivity contribution in [3.63, 3.8) is 0 Å². The number of aliphatic hydroxyl groups excluding tert-OH is 1. The van der Waals surface area contributed by atoms with Gasteiger partial charge in [0.1, 0.15) is 21.5 Å². The van der Waals surface area contributed by atoms with E-state index in [4.69, 9.17) is 21.9 Å². The number of aliphatic hydroxyl groups is 1. The number of thioether (sulfide) groups is 1. The number of nitrogens with zero attached hydrogens (tertiary/aromatic N) is 5. The summed E-state index contributed by atoms with van der Waals surface area (Å²) in [6.45, 7) is 4.02. The lowest BCUT2D eigenvalue weighted by Gasteiger charge is -2.35. The van der Waals surface area contributed by atoms with E-state index >= 15 is 0 Å². The largest absolute Gasteiger partial charge is 0.497 e. The molecule has 1 aromatic carbocycles. The number of hydrogen-bond acceptors (Lipinski definition) is 9. The highest BCUT2D eigenvalue weighted by Crippen LogP contribution is 2.34. The summed E-state index contributed by atoms with van der Waals surface area (Å²) < 4.78 is 7.19. The second-order valence-corrected chi connectivity index (χ2v) is 10.7. The Labute approximate surface area is 230 Å². The summed E-state index contributed by atoms with van der Waals surface area (Å²) in [6, 6.07) is 13.2. The number of rotatable bonds is 8. The molecule has 3 aromatic rings. The molecule has 0 aliphatic carbocycles. The number of carbonyl (C=O) groups excluding carboxylic acids is 1. The van der Waals surface area contributed by atoms with Crippen molar-refractivity contribution in [2.24, 2.45) is 0 Å². The van der Waals surface area contributed by atoms with Crippen LogP contribution in [0, 0.1) is 0 Å². The minimum Gasteiger partial charge on any atom is -0.497 e. The first kappa shape index (κ1) is 26.4. The number of methoxy groups -OCH3 is 1. The van der Waals surface area contributed by atoms with E-state index < -0.39 is 0 Å². The SMILES string of the molecule is COc1ccc(CCN2C(=O)/C(=C/c3c(N4CCN(CCO)CC4)nc4ccccn4c3=O)SC2=S)cc1. The summed E-state index contributed by atoms with van der Waals surface area (Å²) in [6.07, 6.45) is 3.98. The molecular weight excluding hydrogens is 522 g/mol. The van der Waals surface area contributed by atoms with Crippen molar-refractivity contribution in [2.75, 3.05) is 57.9 Å². The Morgan fingerprint density at radius 1 is 1.08 bits per heavy atom. The van der Waals surface area contributed by atoms with Gasteiger partial charge in [-0.3, -0.25) is 23.8 Å². The number of ether oxygens (including phenoxy) is 1. The molecule has 198 valence electrons. The molecular formula is C27H29N5O4S2. The molecule has 0 unspecified atom stereocenters. The quantitative estimate of drug-likeness (QED) is 0.334. The lowest BCUT2D eigenvalue weighted by atomic mass is 10.1. The van der Waals surface area contributed by atoms with E-state index in [0.29, 0.717) is 58.9 Å². The molecule has 0 bridgehead atoms. The number of carbonyl (C=O) groups is 1. The van der Waals surface area contributed by atoms with E-state index in [0.717, 1.165) is 24.4 Å². The van der Waals surface area contributed by atoms with Crippen LogP contribution in [-0.2, 0) is 11.2 Å². The average molecular weight is 552 g/mol. The zero-order valence-corrected chi connectivity index (χ0v) is 22.7. The molecule has 0 atom stereocenters. The average Bonchev–Trinajstić information content (AvgIpc) is 3.21. The minimum absolute atomic E-state index is 0.112. The van der Waals surface area contributed by atoms with E-state index in [1.165, 1.54) is 16.2 Å². The van der Waals surface area contributed by atoms with Gasteiger partial charge in [0.15, 0.2) is 0 Å². The maximum atomic E-state index is 13.6. The van der Waals surface area contributed by atoms with Gasteiger partial charge in [-0.15, -0.1) is 0 Å². The Hall–Kier alpha value is -3.25. The summed E-state index contributed by atoms with van der Waals surface area (Å²) in [5.41, 5.74) is 1.77. The fourth-order valence-electron chi connectivity index (χ4n) is 4.64. The van der Waals surface area contributed by atoms with E-state index in [9.17, 15) is 14.7 Å². The molecule has 11 heteroatoms. The number of fused-ring (bicyclic) bond motifs is 1. The van der Waals surface area contributed by atoms with Gasteiger partial charge in [0, 0.05) is 45.5 Å². The number of hydrogen-bond donors (Lipinski definition) is 1. The van der Waals surface area contributed by atoms with E-state index in [-0.39, 0.29) is 18.1 Å². The standard InChI is InChI=1S/C27H29N5O4S2/c1-36-20-7-5-19(6-8-20)9-11-32-26(35)22(38-27(32)37)18-21-24(30-14-12-29(13-15-30)16-17-33)28-23-4-2-3-10-31(23)25(21)34/h2-8,10,18,33H,9,11-17H2,1H3/b22-18-. The topological polar surface area (TPSA) is 90.6 Å².